The molecule has 1 aliphatic heterocycles. The van der Waals surface area contributed by atoms with Crippen LogP contribution in [-0.2, 0) is 16.0 Å². The van der Waals surface area contributed by atoms with E-state index in [4.69, 9.17) is 15.5 Å². The maximum atomic E-state index is 12.4. The molecule has 1 saturated heterocycles. The molecule has 3 heterocycles. The second-order valence-electron chi connectivity index (χ2n) is 7.12. The number of piperidine rings is 1. The number of rotatable bonds is 7. The van der Waals surface area contributed by atoms with Gasteiger partial charge in [0.15, 0.2) is 5.65 Å². The normalized spacial score (nSPS) is 17.0. The largest absolute Gasteiger partial charge is 0.383 e. The Labute approximate surface area is 154 Å². The second kappa shape index (κ2) is 8.60. The van der Waals surface area contributed by atoms with E-state index in [1.54, 1.807) is 13.3 Å². The molecule has 1 amide bonds. The van der Waals surface area contributed by atoms with E-state index in [0.717, 1.165) is 55.8 Å². The van der Waals surface area contributed by atoms with Crippen LogP contribution >= 0.6 is 0 Å². The number of pyridine rings is 1. The highest BCUT2D eigenvalue weighted by Gasteiger charge is 2.21. The van der Waals surface area contributed by atoms with E-state index in [9.17, 15) is 4.79 Å². The van der Waals surface area contributed by atoms with E-state index in [1.165, 1.54) is 0 Å². The maximum absolute atomic E-state index is 12.4. The lowest BCUT2D eigenvalue weighted by molar-refractivity contribution is -0.132. The Hall–Kier alpha value is -1.99. The van der Waals surface area contributed by atoms with Crippen molar-refractivity contribution >= 4 is 17.1 Å². The predicted molar refractivity (Wildman–Crippen MR) is 101 cm³/mol. The van der Waals surface area contributed by atoms with E-state index < -0.39 is 0 Å². The number of hydrogen-bond acceptors (Lipinski definition) is 5. The monoisotopic (exact) mass is 359 g/mol. The van der Waals surface area contributed by atoms with Gasteiger partial charge in [0.25, 0.3) is 0 Å². The Balaban J connectivity index is 1.65. The Kier molecular flexibility index (Phi) is 6.21. The summed E-state index contributed by atoms with van der Waals surface area (Å²) in [6.07, 6.45) is 5.68. The van der Waals surface area contributed by atoms with Crippen LogP contribution in [-0.4, -0.2) is 58.2 Å². The molecule has 0 radical (unpaired) electrons. The summed E-state index contributed by atoms with van der Waals surface area (Å²) in [4.78, 5) is 23.6. The van der Waals surface area contributed by atoms with Gasteiger partial charge in [0.1, 0.15) is 11.3 Å². The van der Waals surface area contributed by atoms with E-state index in [0.29, 0.717) is 13.0 Å². The first-order valence-corrected chi connectivity index (χ1v) is 9.44. The zero-order valence-electron chi connectivity index (χ0n) is 15.7. The summed E-state index contributed by atoms with van der Waals surface area (Å²) in [6, 6.07) is 4.27. The summed E-state index contributed by atoms with van der Waals surface area (Å²) in [5.41, 5.74) is 7.68. The predicted octanol–water partition coefficient (Wildman–Crippen LogP) is 1.91. The van der Waals surface area contributed by atoms with E-state index in [-0.39, 0.29) is 18.0 Å². The van der Waals surface area contributed by atoms with Crippen molar-refractivity contribution in [2.24, 2.45) is 5.73 Å². The summed E-state index contributed by atoms with van der Waals surface area (Å²) >= 11 is 0. The molecule has 26 heavy (non-hydrogen) atoms. The fourth-order valence-corrected chi connectivity index (χ4v) is 3.64. The Bertz CT molecular complexity index is 737. The zero-order valence-corrected chi connectivity index (χ0v) is 15.7. The Morgan fingerprint density at radius 2 is 2.19 bits per heavy atom. The number of aromatic nitrogens is 3. The molecule has 0 aliphatic carbocycles. The van der Waals surface area contributed by atoms with Crippen LogP contribution in [0.4, 0.5) is 0 Å². The minimum absolute atomic E-state index is 0.147. The number of imidazole rings is 1. The molecule has 2 N–H and O–H groups in total. The van der Waals surface area contributed by atoms with Gasteiger partial charge in [0.05, 0.1) is 12.6 Å². The molecule has 7 nitrogen and oxygen atoms in total. The summed E-state index contributed by atoms with van der Waals surface area (Å²) < 4.78 is 7.46. The number of nitrogens with two attached hydrogens (primary N) is 1. The number of fused-ring (bicyclic) bond motifs is 1. The van der Waals surface area contributed by atoms with Crippen molar-refractivity contribution < 1.29 is 9.53 Å². The van der Waals surface area contributed by atoms with Gasteiger partial charge in [-0.1, -0.05) is 0 Å². The van der Waals surface area contributed by atoms with Gasteiger partial charge in [-0.25, -0.2) is 9.97 Å². The van der Waals surface area contributed by atoms with Crippen LogP contribution in [0.3, 0.4) is 0 Å². The lowest BCUT2D eigenvalue weighted by Crippen LogP contribution is -2.42. The van der Waals surface area contributed by atoms with Gasteiger partial charge in [-0.05, 0) is 38.3 Å². The lowest BCUT2D eigenvalue weighted by atomic mass is 10.1. The third kappa shape index (κ3) is 4.22. The Morgan fingerprint density at radius 1 is 1.42 bits per heavy atom. The smallest absolute Gasteiger partial charge is 0.222 e. The van der Waals surface area contributed by atoms with Crippen molar-refractivity contribution in [3.05, 3.63) is 24.2 Å². The van der Waals surface area contributed by atoms with Gasteiger partial charge >= 0.3 is 0 Å². The summed E-state index contributed by atoms with van der Waals surface area (Å²) in [5, 5.41) is 0. The van der Waals surface area contributed by atoms with Crippen LogP contribution < -0.4 is 5.73 Å². The number of nitrogens with zero attached hydrogens (tertiary/aromatic N) is 4. The number of likely N-dealkylation sites (tertiary alicyclic amines) is 1. The number of aryl methyl sites for hydroxylation is 1. The average Bonchev–Trinajstić information content (AvgIpc) is 3.00. The highest BCUT2D eigenvalue weighted by atomic mass is 16.5. The molecule has 2 aromatic rings. The zero-order chi connectivity index (χ0) is 18.5. The van der Waals surface area contributed by atoms with Crippen molar-refractivity contribution in [1.82, 2.24) is 19.4 Å². The van der Waals surface area contributed by atoms with E-state index >= 15 is 0 Å². The highest BCUT2D eigenvalue weighted by Crippen LogP contribution is 2.21. The van der Waals surface area contributed by atoms with Gasteiger partial charge in [0.2, 0.25) is 5.91 Å². The third-order valence-electron chi connectivity index (χ3n) is 5.05. The van der Waals surface area contributed by atoms with Gasteiger partial charge in [-0.15, -0.1) is 0 Å². The highest BCUT2D eigenvalue weighted by molar-refractivity contribution is 5.76. The van der Waals surface area contributed by atoms with Crippen molar-refractivity contribution in [2.45, 2.75) is 51.1 Å². The van der Waals surface area contributed by atoms with Crippen LogP contribution in [0.5, 0.6) is 0 Å². The van der Waals surface area contributed by atoms with Crippen molar-refractivity contribution in [3.8, 4) is 0 Å². The van der Waals surface area contributed by atoms with Gasteiger partial charge < -0.3 is 19.9 Å². The minimum Gasteiger partial charge on any atom is -0.383 e. The first kappa shape index (κ1) is 18.8. The molecule has 142 valence electrons. The van der Waals surface area contributed by atoms with E-state index in [2.05, 4.69) is 16.5 Å². The van der Waals surface area contributed by atoms with Crippen LogP contribution in [0.15, 0.2) is 18.3 Å². The molecular weight excluding hydrogens is 330 g/mol. The number of ether oxygens (including phenoxy) is 1. The van der Waals surface area contributed by atoms with Crippen molar-refractivity contribution in [2.75, 3.05) is 26.8 Å². The molecule has 7 heteroatoms. The standard InChI is InChI=1S/C19H29N5O2/c1-14(13-26-2)24-17(22-16-5-4-10-21-19(16)24)6-3-7-18(25)23-11-8-15(20)9-12-23/h4-5,10,14-15H,3,6-9,11-13,20H2,1-2H3/t14-/m1/s1. The molecule has 2 aromatic heterocycles. The van der Waals surface area contributed by atoms with Gasteiger partial charge in [-0.2, -0.15) is 0 Å². The lowest BCUT2D eigenvalue weighted by Gasteiger charge is -2.30. The molecular formula is C19H29N5O2. The quantitative estimate of drug-likeness (QED) is 0.816. The number of hydrogen-bond donors (Lipinski definition) is 1. The molecule has 0 bridgehead atoms. The number of amides is 1. The third-order valence-corrected chi connectivity index (χ3v) is 5.05. The topological polar surface area (TPSA) is 86.3 Å². The number of methoxy groups -OCH3 is 1. The Morgan fingerprint density at radius 3 is 2.92 bits per heavy atom. The SMILES string of the molecule is COC[C@@H](C)n1c(CCCC(=O)N2CCC(N)CC2)nc2cccnc21. The van der Waals surface area contributed by atoms with Gasteiger partial charge in [0, 0.05) is 45.3 Å². The first-order valence-electron chi connectivity index (χ1n) is 9.44. The molecule has 0 unspecified atom stereocenters. The molecule has 3 rings (SSSR count). The van der Waals surface area contributed by atoms with Crippen molar-refractivity contribution in [1.29, 1.82) is 0 Å². The summed E-state index contributed by atoms with van der Waals surface area (Å²) in [7, 11) is 1.70. The number of carbonyl (C=O) groups is 1. The second-order valence-corrected chi connectivity index (χ2v) is 7.12. The molecule has 0 saturated carbocycles. The fourth-order valence-electron chi connectivity index (χ4n) is 3.64. The average molecular weight is 359 g/mol. The molecule has 1 aliphatic rings. The van der Waals surface area contributed by atoms with Crippen molar-refractivity contribution in [3.63, 3.8) is 0 Å². The van der Waals surface area contributed by atoms with Crippen LogP contribution in [0.2, 0.25) is 0 Å². The van der Waals surface area contributed by atoms with Crippen LogP contribution in [0.25, 0.3) is 11.2 Å². The van der Waals surface area contributed by atoms with Gasteiger partial charge in [-0.3, -0.25) is 4.79 Å². The summed E-state index contributed by atoms with van der Waals surface area (Å²) in [6.45, 7) is 4.27. The fraction of sp³-hybridized carbons (Fsp3) is 0.632. The minimum atomic E-state index is 0.147. The molecule has 0 spiro atoms. The van der Waals surface area contributed by atoms with Crippen LogP contribution in [0.1, 0.15) is 44.5 Å². The molecule has 1 atom stereocenters. The molecule has 1 fully saturated rings. The summed E-state index contributed by atoms with van der Waals surface area (Å²) in [5.74, 6) is 1.19. The van der Waals surface area contributed by atoms with E-state index in [1.807, 2.05) is 17.0 Å². The molecule has 0 aromatic carbocycles. The first-order chi connectivity index (χ1) is 12.6. The van der Waals surface area contributed by atoms with Crippen LogP contribution in [0, 0.1) is 0 Å². The maximum Gasteiger partial charge on any atom is 0.222 e. The number of carbonyl (C=O) groups excluding carboxylic acids is 1.